The standard InChI is InChI=1S/C26H20N2O7/c29-13-14-33-21-12-11-18-15-22(25(31)34-24(18)16-21)23(17-30)27-35-26(32)28(19-7-3-1-4-8-19)20-9-5-2-6-10-20/h1-12,15-17,29H,13-14H2/b27-23+. The molecule has 0 saturated carbocycles. The molecule has 0 aliphatic carbocycles. The van der Waals surface area contributed by atoms with Crippen LogP contribution in [0.3, 0.4) is 0 Å². The number of nitrogens with zero attached hydrogens (tertiary/aromatic N) is 2. The second-order valence-electron chi connectivity index (χ2n) is 7.18. The van der Waals surface area contributed by atoms with Crippen LogP contribution in [0.25, 0.3) is 11.0 Å². The summed E-state index contributed by atoms with van der Waals surface area (Å²) in [5.41, 5.74) is -0.157. The lowest BCUT2D eigenvalue weighted by Gasteiger charge is -2.20. The zero-order chi connectivity index (χ0) is 24.6. The van der Waals surface area contributed by atoms with Gasteiger partial charge in [-0.15, -0.1) is 0 Å². The molecule has 0 radical (unpaired) electrons. The average Bonchev–Trinajstić information content (AvgIpc) is 2.89. The number of anilines is 2. The van der Waals surface area contributed by atoms with E-state index in [0.717, 1.165) is 0 Å². The number of carbonyl (C=O) groups is 2. The van der Waals surface area contributed by atoms with Crippen LogP contribution in [0, 0.1) is 0 Å². The van der Waals surface area contributed by atoms with Crippen LogP contribution in [0.5, 0.6) is 5.75 Å². The molecule has 0 saturated heterocycles. The van der Waals surface area contributed by atoms with Gasteiger partial charge in [0.1, 0.15) is 17.9 Å². The van der Waals surface area contributed by atoms with Gasteiger partial charge in [0.2, 0.25) is 0 Å². The Morgan fingerprint density at radius 3 is 2.23 bits per heavy atom. The van der Waals surface area contributed by atoms with Gasteiger partial charge in [0.25, 0.3) is 0 Å². The first-order valence-electron chi connectivity index (χ1n) is 10.6. The summed E-state index contributed by atoms with van der Waals surface area (Å²) in [7, 11) is 0. The lowest BCUT2D eigenvalue weighted by atomic mass is 10.1. The molecule has 35 heavy (non-hydrogen) atoms. The lowest BCUT2D eigenvalue weighted by molar-refractivity contribution is -0.102. The number of fused-ring (bicyclic) bond motifs is 1. The lowest BCUT2D eigenvalue weighted by Crippen LogP contribution is -2.26. The van der Waals surface area contributed by atoms with E-state index in [1.54, 1.807) is 72.8 Å². The normalized spacial score (nSPS) is 11.2. The largest absolute Gasteiger partial charge is 0.491 e. The quantitative estimate of drug-likeness (QED) is 0.135. The minimum absolute atomic E-state index is 0.0874. The molecule has 9 heteroatoms. The highest BCUT2D eigenvalue weighted by molar-refractivity contribution is 6.36. The van der Waals surface area contributed by atoms with Crippen molar-refractivity contribution in [3.63, 3.8) is 0 Å². The Morgan fingerprint density at radius 2 is 1.63 bits per heavy atom. The fraction of sp³-hybridized carbons (Fsp3) is 0.0769. The number of aliphatic hydroxyl groups excluding tert-OH is 1. The fourth-order valence-corrected chi connectivity index (χ4v) is 3.30. The minimum atomic E-state index is -0.877. The number of hydrogen-bond acceptors (Lipinski definition) is 8. The van der Waals surface area contributed by atoms with Crippen molar-refractivity contribution in [1.82, 2.24) is 0 Å². The monoisotopic (exact) mass is 472 g/mol. The highest BCUT2D eigenvalue weighted by Gasteiger charge is 2.21. The van der Waals surface area contributed by atoms with Crippen LogP contribution in [-0.4, -0.2) is 36.4 Å². The third-order valence-electron chi connectivity index (χ3n) is 4.89. The SMILES string of the molecule is O=C/C(=N\OC(=O)N(c1ccccc1)c1ccccc1)c1cc2ccc(OCCO)cc2oc1=O. The van der Waals surface area contributed by atoms with Crippen molar-refractivity contribution < 1.29 is 28.7 Å². The van der Waals surface area contributed by atoms with Crippen molar-refractivity contribution >= 4 is 40.4 Å². The molecule has 0 atom stereocenters. The molecule has 0 spiro atoms. The Bertz CT molecular complexity index is 1380. The van der Waals surface area contributed by atoms with Gasteiger partial charge in [-0.25, -0.2) is 14.5 Å². The van der Waals surface area contributed by atoms with Crippen LogP contribution >= 0.6 is 0 Å². The number of hydrogen-bond donors (Lipinski definition) is 1. The van der Waals surface area contributed by atoms with Crippen LogP contribution in [-0.2, 0) is 9.63 Å². The van der Waals surface area contributed by atoms with Crippen molar-refractivity contribution in [3.8, 4) is 5.75 Å². The zero-order valence-corrected chi connectivity index (χ0v) is 18.4. The Balaban J connectivity index is 1.63. The third-order valence-corrected chi connectivity index (χ3v) is 4.89. The molecule has 0 unspecified atom stereocenters. The molecule has 0 fully saturated rings. The van der Waals surface area contributed by atoms with Gasteiger partial charge in [-0.2, -0.15) is 0 Å². The van der Waals surface area contributed by atoms with Crippen molar-refractivity contribution in [2.75, 3.05) is 18.1 Å². The number of ether oxygens (including phenoxy) is 1. The maximum absolute atomic E-state index is 13.0. The van der Waals surface area contributed by atoms with Gasteiger partial charge in [0.15, 0.2) is 12.0 Å². The molecular formula is C26H20N2O7. The van der Waals surface area contributed by atoms with Crippen LogP contribution in [0.2, 0.25) is 0 Å². The topological polar surface area (TPSA) is 119 Å². The number of oxime groups is 1. The molecule has 1 aromatic heterocycles. The van der Waals surface area contributed by atoms with Crippen LogP contribution in [0.15, 0.2) is 99.3 Å². The van der Waals surface area contributed by atoms with Crippen LogP contribution < -0.4 is 15.3 Å². The summed E-state index contributed by atoms with van der Waals surface area (Å²) in [4.78, 5) is 43.6. The Kier molecular flexibility index (Phi) is 7.29. The highest BCUT2D eigenvalue weighted by atomic mass is 16.7. The summed E-state index contributed by atoms with van der Waals surface area (Å²) in [5, 5.41) is 13.0. The van der Waals surface area contributed by atoms with E-state index in [4.69, 9.17) is 19.1 Å². The van der Waals surface area contributed by atoms with Gasteiger partial charge in [-0.05, 0) is 42.5 Å². The summed E-state index contributed by atoms with van der Waals surface area (Å²) >= 11 is 0. The minimum Gasteiger partial charge on any atom is -0.491 e. The van der Waals surface area contributed by atoms with Gasteiger partial charge >= 0.3 is 11.7 Å². The maximum Gasteiger partial charge on any atom is 0.445 e. The van der Waals surface area contributed by atoms with E-state index in [9.17, 15) is 14.4 Å². The van der Waals surface area contributed by atoms with Gasteiger partial charge < -0.3 is 14.3 Å². The van der Waals surface area contributed by atoms with Gasteiger partial charge in [-0.1, -0.05) is 41.6 Å². The smallest absolute Gasteiger partial charge is 0.445 e. The first-order valence-corrected chi connectivity index (χ1v) is 10.6. The van der Waals surface area contributed by atoms with Crippen LogP contribution in [0.4, 0.5) is 16.2 Å². The molecule has 1 N–H and O–H groups in total. The molecule has 0 aliphatic heterocycles. The van der Waals surface area contributed by atoms with Gasteiger partial charge in [0.05, 0.1) is 23.5 Å². The summed E-state index contributed by atoms with van der Waals surface area (Å²) < 4.78 is 10.6. The number of benzene rings is 3. The molecule has 1 amide bonds. The Labute approximate surface area is 199 Å². The van der Waals surface area contributed by atoms with Crippen molar-refractivity contribution in [1.29, 1.82) is 0 Å². The number of para-hydroxylation sites is 2. The number of carbonyl (C=O) groups excluding carboxylic acids is 2. The van der Waals surface area contributed by atoms with E-state index in [0.29, 0.717) is 28.8 Å². The van der Waals surface area contributed by atoms with Crippen molar-refractivity contribution in [2.45, 2.75) is 0 Å². The molecule has 4 aromatic rings. The van der Waals surface area contributed by atoms with Gasteiger partial charge in [-0.3, -0.25) is 9.63 Å². The number of aldehydes is 1. The molecule has 0 aliphatic rings. The first kappa shape index (κ1) is 23.4. The average molecular weight is 472 g/mol. The van der Waals surface area contributed by atoms with Crippen molar-refractivity contribution in [3.05, 3.63) is 101 Å². The Hall–Kier alpha value is -4.76. The summed E-state index contributed by atoms with van der Waals surface area (Å²) in [6, 6.07) is 23.7. The molecule has 3 aromatic carbocycles. The van der Waals surface area contributed by atoms with E-state index in [2.05, 4.69) is 5.16 Å². The molecular weight excluding hydrogens is 452 g/mol. The second kappa shape index (κ2) is 10.9. The molecule has 1 heterocycles. The van der Waals surface area contributed by atoms with E-state index < -0.39 is 17.4 Å². The number of rotatable bonds is 8. The Morgan fingerprint density at radius 1 is 0.971 bits per heavy atom. The summed E-state index contributed by atoms with van der Waals surface area (Å²) in [6.45, 7) is -0.0745. The molecule has 176 valence electrons. The summed E-state index contributed by atoms with van der Waals surface area (Å²) in [5.74, 6) is 0.405. The van der Waals surface area contributed by atoms with E-state index in [1.807, 2.05) is 0 Å². The molecule has 9 nitrogen and oxygen atoms in total. The molecule has 4 rings (SSSR count). The van der Waals surface area contributed by atoms with Crippen molar-refractivity contribution in [2.24, 2.45) is 5.16 Å². The van der Waals surface area contributed by atoms with E-state index >= 15 is 0 Å². The number of aliphatic hydroxyl groups is 1. The van der Waals surface area contributed by atoms with Gasteiger partial charge in [0, 0.05) is 11.5 Å². The highest BCUT2D eigenvalue weighted by Crippen LogP contribution is 2.26. The maximum atomic E-state index is 13.0. The second-order valence-corrected chi connectivity index (χ2v) is 7.18. The predicted molar refractivity (Wildman–Crippen MR) is 129 cm³/mol. The molecule has 0 bridgehead atoms. The predicted octanol–water partition coefficient (Wildman–Crippen LogP) is 4.04. The first-order chi connectivity index (χ1) is 17.1. The zero-order valence-electron chi connectivity index (χ0n) is 18.4. The number of amides is 1. The van der Waals surface area contributed by atoms with E-state index in [-0.39, 0.29) is 24.4 Å². The third kappa shape index (κ3) is 5.43. The van der Waals surface area contributed by atoms with E-state index in [1.165, 1.54) is 17.0 Å². The fourth-order valence-electron chi connectivity index (χ4n) is 3.30. The summed E-state index contributed by atoms with van der Waals surface area (Å²) in [6.07, 6.45) is -0.572. The van der Waals surface area contributed by atoms with Crippen LogP contribution in [0.1, 0.15) is 5.56 Å².